The minimum Gasteiger partial charge on any atom is -0.331 e. The minimum absolute atomic E-state index is 1.12. The highest BCUT2D eigenvalue weighted by molar-refractivity contribution is 7.79. The SMILES string of the molecule is CCCCCCCCCCCCCCCCCCCCCC[N+](C)(C)C.O=S(=O)(O)O. The van der Waals surface area contributed by atoms with Crippen LogP contribution in [0.3, 0.4) is 0 Å². The molecule has 0 fully saturated rings. The first-order chi connectivity index (χ1) is 14.6. The van der Waals surface area contributed by atoms with E-state index in [9.17, 15) is 0 Å². The topological polar surface area (TPSA) is 74.6 Å². The van der Waals surface area contributed by atoms with E-state index in [-0.39, 0.29) is 0 Å². The van der Waals surface area contributed by atoms with Crippen molar-refractivity contribution in [3.63, 3.8) is 0 Å². The van der Waals surface area contributed by atoms with Gasteiger partial charge in [0.25, 0.3) is 0 Å². The quantitative estimate of drug-likeness (QED) is 0.102. The highest BCUT2D eigenvalue weighted by Gasteiger charge is 2.04. The van der Waals surface area contributed by atoms with Gasteiger partial charge in [0.15, 0.2) is 0 Å². The van der Waals surface area contributed by atoms with Crippen molar-refractivity contribution >= 4 is 10.4 Å². The first kappa shape index (κ1) is 33.0. The van der Waals surface area contributed by atoms with Crippen molar-refractivity contribution in [3.05, 3.63) is 0 Å². The van der Waals surface area contributed by atoms with Gasteiger partial charge in [-0.25, -0.2) is 0 Å². The molecule has 0 spiro atoms. The van der Waals surface area contributed by atoms with Gasteiger partial charge >= 0.3 is 10.4 Å². The standard InChI is InChI=1S/C25H54N.H2O4S/c1-5-6-7-8-9-10-11-12-13-14-15-16-17-18-19-20-21-22-23-24-25-26(2,3)4;1-5(2,3)4/h5-25H2,1-4H3;(H2,1,2,3,4)/q+1;. The van der Waals surface area contributed by atoms with Crippen molar-refractivity contribution in [2.24, 2.45) is 0 Å². The summed E-state index contributed by atoms with van der Waals surface area (Å²) in [5, 5.41) is 0. The predicted molar refractivity (Wildman–Crippen MR) is 135 cm³/mol. The van der Waals surface area contributed by atoms with Crippen molar-refractivity contribution in [1.82, 2.24) is 0 Å². The Morgan fingerprint density at radius 1 is 0.484 bits per heavy atom. The Bertz CT molecular complexity index is 439. The molecular weight excluding hydrogens is 410 g/mol. The van der Waals surface area contributed by atoms with Crippen LogP contribution in [0.15, 0.2) is 0 Å². The van der Waals surface area contributed by atoms with E-state index < -0.39 is 10.4 Å². The molecule has 0 aromatic carbocycles. The highest BCUT2D eigenvalue weighted by atomic mass is 32.3. The van der Waals surface area contributed by atoms with Gasteiger partial charge < -0.3 is 4.48 Å². The van der Waals surface area contributed by atoms with E-state index in [1.807, 2.05) is 0 Å². The maximum Gasteiger partial charge on any atom is 0.394 e. The number of nitrogens with zero attached hydrogens (tertiary/aromatic N) is 1. The molecule has 6 heteroatoms. The van der Waals surface area contributed by atoms with Crippen LogP contribution in [0.25, 0.3) is 0 Å². The van der Waals surface area contributed by atoms with E-state index in [4.69, 9.17) is 17.5 Å². The van der Waals surface area contributed by atoms with Gasteiger partial charge in [0.1, 0.15) is 0 Å². The van der Waals surface area contributed by atoms with Gasteiger partial charge in [0.2, 0.25) is 0 Å². The molecule has 0 radical (unpaired) electrons. The van der Waals surface area contributed by atoms with Crippen molar-refractivity contribution in [1.29, 1.82) is 0 Å². The average Bonchev–Trinajstić information content (AvgIpc) is 2.64. The average molecular weight is 467 g/mol. The summed E-state index contributed by atoms with van der Waals surface area (Å²) in [6.45, 7) is 3.63. The largest absolute Gasteiger partial charge is 0.394 e. The zero-order valence-electron chi connectivity index (χ0n) is 21.4. The van der Waals surface area contributed by atoms with Gasteiger partial charge in [-0.3, -0.25) is 9.11 Å². The van der Waals surface area contributed by atoms with Gasteiger partial charge in [0, 0.05) is 0 Å². The molecule has 0 aliphatic rings. The van der Waals surface area contributed by atoms with Crippen molar-refractivity contribution in [3.8, 4) is 0 Å². The second-order valence-corrected chi connectivity index (χ2v) is 11.1. The first-order valence-electron chi connectivity index (χ1n) is 13.1. The molecular formula is C25H56NO4S+. The van der Waals surface area contributed by atoms with E-state index >= 15 is 0 Å². The lowest BCUT2D eigenvalue weighted by Crippen LogP contribution is -2.35. The summed E-state index contributed by atoms with van der Waals surface area (Å²) in [6, 6.07) is 0. The van der Waals surface area contributed by atoms with Crippen molar-refractivity contribution in [2.45, 2.75) is 135 Å². The van der Waals surface area contributed by atoms with Crippen LogP contribution in [-0.4, -0.2) is 49.7 Å². The third-order valence-corrected chi connectivity index (χ3v) is 5.68. The molecule has 0 aromatic rings. The van der Waals surface area contributed by atoms with Crippen LogP contribution in [-0.2, 0) is 10.4 Å². The minimum atomic E-state index is -4.67. The van der Waals surface area contributed by atoms with Crippen LogP contribution < -0.4 is 0 Å². The van der Waals surface area contributed by atoms with Crippen LogP contribution in [0.4, 0.5) is 0 Å². The fraction of sp³-hybridized carbons (Fsp3) is 1.00. The lowest BCUT2D eigenvalue weighted by Gasteiger charge is -2.23. The second kappa shape index (κ2) is 23.0. The Kier molecular flexibility index (Phi) is 24.5. The van der Waals surface area contributed by atoms with Gasteiger partial charge in [-0.1, -0.05) is 122 Å². The van der Waals surface area contributed by atoms with Crippen LogP contribution in [0.5, 0.6) is 0 Å². The zero-order valence-corrected chi connectivity index (χ0v) is 22.2. The van der Waals surface area contributed by atoms with Crippen molar-refractivity contribution < 1.29 is 22.0 Å². The van der Waals surface area contributed by atoms with Gasteiger partial charge in [-0.15, -0.1) is 0 Å². The fourth-order valence-electron chi connectivity index (χ4n) is 3.84. The second-order valence-electron chi connectivity index (χ2n) is 10.2. The summed E-state index contributed by atoms with van der Waals surface area (Å²) in [5.41, 5.74) is 0. The molecule has 0 aliphatic heterocycles. The summed E-state index contributed by atoms with van der Waals surface area (Å²) in [5.74, 6) is 0. The normalized spacial score (nSPS) is 11.9. The molecule has 0 saturated carbocycles. The number of rotatable bonds is 21. The third kappa shape index (κ3) is 44.3. The molecule has 0 saturated heterocycles. The molecule has 31 heavy (non-hydrogen) atoms. The summed E-state index contributed by atoms with van der Waals surface area (Å²) in [4.78, 5) is 0. The Morgan fingerprint density at radius 3 is 0.871 bits per heavy atom. The number of hydrogen-bond acceptors (Lipinski definition) is 2. The maximum absolute atomic E-state index is 8.74. The highest BCUT2D eigenvalue weighted by Crippen LogP contribution is 2.14. The van der Waals surface area contributed by atoms with E-state index in [1.54, 1.807) is 0 Å². The first-order valence-corrected chi connectivity index (χ1v) is 14.5. The Balaban J connectivity index is 0. The molecule has 0 unspecified atom stereocenters. The van der Waals surface area contributed by atoms with Crippen LogP contribution >= 0.6 is 0 Å². The molecule has 0 heterocycles. The van der Waals surface area contributed by atoms with Crippen LogP contribution in [0.1, 0.15) is 135 Å². The van der Waals surface area contributed by atoms with E-state index in [1.165, 1.54) is 135 Å². The summed E-state index contributed by atoms with van der Waals surface area (Å²) in [7, 11) is 2.24. The van der Waals surface area contributed by atoms with E-state index in [0.717, 1.165) is 4.48 Å². The van der Waals surface area contributed by atoms with Gasteiger partial charge in [-0.2, -0.15) is 8.42 Å². The molecule has 0 rings (SSSR count). The molecule has 0 atom stereocenters. The van der Waals surface area contributed by atoms with Crippen LogP contribution in [0, 0.1) is 0 Å². The molecule has 2 N–H and O–H groups in total. The maximum atomic E-state index is 8.74. The van der Waals surface area contributed by atoms with Gasteiger partial charge in [0.05, 0.1) is 27.7 Å². The zero-order chi connectivity index (χ0) is 23.8. The lowest BCUT2D eigenvalue weighted by atomic mass is 10.0. The lowest BCUT2D eigenvalue weighted by molar-refractivity contribution is -0.870. The fourth-order valence-corrected chi connectivity index (χ4v) is 3.84. The number of unbranched alkanes of at least 4 members (excludes halogenated alkanes) is 19. The van der Waals surface area contributed by atoms with E-state index in [2.05, 4.69) is 28.1 Å². The third-order valence-electron chi connectivity index (χ3n) is 5.68. The summed E-state index contributed by atoms with van der Waals surface area (Å²) in [6.07, 6.45) is 29.3. The van der Waals surface area contributed by atoms with Crippen molar-refractivity contribution in [2.75, 3.05) is 27.7 Å². The van der Waals surface area contributed by atoms with Gasteiger partial charge in [-0.05, 0) is 12.8 Å². The Hall–Kier alpha value is -0.170. The smallest absolute Gasteiger partial charge is 0.331 e. The Morgan fingerprint density at radius 2 is 0.677 bits per heavy atom. The molecule has 5 nitrogen and oxygen atoms in total. The molecule has 190 valence electrons. The monoisotopic (exact) mass is 466 g/mol. The number of hydrogen-bond donors (Lipinski definition) is 2. The van der Waals surface area contributed by atoms with Crippen LogP contribution in [0.2, 0.25) is 0 Å². The Labute approximate surface area is 195 Å². The molecule has 0 aromatic heterocycles. The molecule has 0 aliphatic carbocycles. The summed E-state index contributed by atoms with van der Waals surface area (Å²) < 4.78 is 32.7. The molecule has 0 bridgehead atoms. The molecule has 0 amide bonds. The van der Waals surface area contributed by atoms with E-state index in [0.29, 0.717) is 0 Å². The predicted octanol–water partition coefficient (Wildman–Crippen LogP) is 7.86. The summed E-state index contributed by atoms with van der Waals surface area (Å²) >= 11 is 0. The number of quaternary nitrogens is 1.